The zero-order chi connectivity index (χ0) is 13.0. The number of halogens is 2. The van der Waals surface area contributed by atoms with Gasteiger partial charge in [0.2, 0.25) is 0 Å². The molecule has 0 bridgehead atoms. The van der Waals surface area contributed by atoms with E-state index in [9.17, 15) is 0 Å². The second-order valence-corrected chi connectivity index (χ2v) is 5.52. The number of allylic oxidation sites excluding steroid dienone is 1. The van der Waals surface area contributed by atoms with E-state index in [1.54, 1.807) is 0 Å². The highest BCUT2D eigenvalue weighted by atomic mass is 35.5. The molecule has 1 nitrogen and oxygen atoms in total. The van der Waals surface area contributed by atoms with Crippen molar-refractivity contribution in [3.8, 4) is 0 Å². The summed E-state index contributed by atoms with van der Waals surface area (Å²) in [5, 5.41) is 5.06. The molecule has 0 saturated heterocycles. The molecule has 2 rings (SSSR count). The van der Waals surface area contributed by atoms with E-state index in [0.29, 0.717) is 0 Å². The van der Waals surface area contributed by atoms with Gasteiger partial charge in [-0.3, -0.25) is 0 Å². The third-order valence-corrected chi connectivity index (χ3v) is 3.95. The number of hydrogen-bond donors (Lipinski definition) is 1. The summed E-state index contributed by atoms with van der Waals surface area (Å²) in [5.41, 5.74) is 2.55. The quantitative estimate of drug-likeness (QED) is 0.754. The number of benzene rings is 1. The van der Waals surface area contributed by atoms with Gasteiger partial charge in [-0.05, 0) is 56.0 Å². The van der Waals surface area contributed by atoms with Gasteiger partial charge in [-0.2, -0.15) is 0 Å². The Labute approximate surface area is 119 Å². The van der Waals surface area contributed by atoms with Crippen molar-refractivity contribution in [1.82, 2.24) is 5.32 Å². The van der Waals surface area contributed by atoms with Crippen LogP contribution >= 0.6 is 23.2 Å². The normalized spacial score (nSPS) is 17.4. The fourth-order valence-corrected chi connectivity index (χ4v) is 2.91. The monoisotopic (exact) mass is 283 g/mol. The molecule has 1 aliphatic carbocycles. The lowest BCUT2D eigenvalue weighted by Crippen LogP contribution is -2.24. The number of nitrogens with one attached hydrogen (secondary N) is 1. The first-order valence-corrected chi connectivity index (χ1v) is 7.35. The molecule has 0 saturated carbocycles. The summed E-state index contributed by atoms with van der Waals surface area (Å²) in [6, 6.07) is 5.91. The van der Waals surface area contributed by atoms with E-state index in [-0.39, 0.29) is 6.04 Å². The van der Waals surface area contributed by atoms with E-state index in [4.69, 9.17) is 23.2 Å². The molecule has 0 aromatic heterocycles. The second-order valence-electron chi connectivity index (χ2n) is 4.68. The van der Waals surface area contributed by atoms with Crippen molar-refractivity contribution in [2.75, 3.05) is 6.54 Å². The van der Waals surface area contributed by atoms with E-state index < -0.39 is 0 Å². The first kappa shape index (κ1) is 13.9. The molecule has 0 heterocycles. The lowest BCUT2D eigenvalue weighted by molar-refractivity contribution is 0.564. The average molecular weight is 284 g/mol. The minimum Gasteiger partial charge on any atom is -0.307 e. The molecule has 1 aromatic rings. The number of hydrogen-bond acceptors (Lipinski definition) is 1. The Balaban J connectivity index is 2.34. The molecule has 0 spiro atoms. The van der Waals surface area contributed by atoms with Crippen molar-refractivity contribution < 1.29 is 0 Å². The van der Waals surface area contributed by atoms with Crippen LogP contribution in [0.1, 0.15) is 44.2 Å². The largest absolute Gasteiger partial charge is 0.307 e. The van der Waals surface area contributed by atoms with Crippen molar-refractivity contribution in [2.45, 2.75) is 38.6 Å². The summed E-state index contributed by atoms with van der Waals surface area (Å²) in [5.74, 6) is 0. The van der Waals surface area contributed by atoms with Crippen LogP contribution in [0.4, 0.5) is 0 Å². The molecule has 1 N–H and O–H groups in total. The van der Waals surface area contributed by atoms with Crippen molar-refractivity contribution in [3.05, 3.63) is 45.5 Å². The standard InChI is InChI=1S/C15H19Cl2N/c1-2-18-15(11-6-4-3-5-7-11)13-10-12(16)8-9-14(13)17/h6,8-10,15,18H,2-5,7H2,1H3. The lowest BCUT2D eigenvalue weighted by atomic mass is 9.90. The molecule has 1 unspecified atom stereocenters. The zero-order valence-electron chi connectivity index (χ0n) is 10.7. The van der Waals surface area contributed by atoms with Crippen LogP contribution in [-0.2, 0) is 0 Å². The summed E-state index contributed by atoms with van der Waals surface area (Å²) in [4.78, 5) is 0. The predicted octanol–water partition coefficient (Wildman–Crippen LogP) is 5.14. The fourth-order valence-electron chi connectivity index (χ4n) is 2.51. The highest BCUT2D eigenvalue weighted by molar-refractivity contribution is 6.33. The summed E-state index contributed by atoms with van der Waals surface area (Å²) in [6.45, 7) is 3.04. The van der Waals surface area contributed by atoms with Gasteiger partial charge in [0.05, 0.1) is 6.04 Å². The molecule has 18 heavy (non-hydrogen) atoms. The molecular formula is C15H19Cl2N. The second kappa shape index (κ2) is 6.60. The van der Waals surface area contributed by atoms with Crippen LogP contribution in [0.3, 0.4) is 0 Å². The number of likely N-dealkylation sites (N-methyl/N-ethyl adjacent to an activating group) is 1. The van der Waals surface area contributed by atoms with Crippen molar-refractivity contribution in [1.29, 1.82) is 0 Å². The third-order valence-electron chi connectivity index (χ3n) is 3.37. The van der Waals surface area contributed by atoms with Gasteiger partial charge < -0.3 is 5.32 Å². The topological polar surface area (TPSA) is 12.0 Å². The number of rotatable bonds is 4. The maximum atomic E-state index is 6.32. The molecule has 3 heteroatoms. The van der Waals surface area contributed by atoms with Gasteiger partial charge in [0, 0.05) is 10.0 Å². The molecular weight excluding hydrogens is 265 g/mol. The SMILES string of the molecule is CCNC(C1=CCCCC1)c1cc(Cl)ccc1Cl. The van der Waals surface area contributed by atoms with E-state index >= 15 is 0 Å². The fraction of sp³-hybridized carbons (Fsp3) is 0.467. The van der Waals surface area contributed by atoms with Crippen LogP contribution in [0.15, 0.2) is 29.8 Å². The Bertz CT molecular complexity index is 440. The molecule has 98 valence electrons. The Morgan fingerprint density at radius 3 is 2.78 bits per heavy atom. The summed E-state index contributed by atoms with van der Waals surface area (Å²) >= 11 is 12.4. The van der Waals surface area contributed by atoms with E-state index in [1.807, 2.05) is 18.2 Å². The Morgan fingerprint density at radius 1 is 1.28 bits per heavy atom. The highest BCUT2D eigenvalue weighted by Crippen LogP contribution is 2.34. The molecule has 0 fully saturated rings. The van der Waals surface area contributed by atoms with Crippen LogP contribution in [0.2, 0.25) is 10.0 Å². The van der Waals surface area contributed by atoms with Gasteiger partial charge in [-0.1, -0.05) is 41.8 Å². The van der Waals surface area contributed by atoms with Gasteiger partial charge in [0.1, 0.15) is 0 Å². The van der Waals surface area contributed by atoms with Crippen molar-refractivity contribution >= 4 is 23.2 Å². The van der Waals surface area contributed by atoms with Crippen LogP contribution in [0.25, 0.3) is 0 Å². The minimum absolute atomic E-state index is 0.210. The molecule has 0 aliphatic heterocycles. The van der Waals surface area contributed by atoms with Crippen LogP contribution in [0, 0.1) is 0 Å². The van der Waals surface area contributed by atoms with E-state index in [1.165, 1.54) is 24.8 Å². The van der Waals surface area contributed by atoms with Crippen molar-refractivity contribution in [3.63, 3.8) is 0 Å². The Kier molecular flexibility index (Phi) is 5.11. The van der Waals surface area contributed by atoms with Gasteiger partial charge in [-0.25, -0.2) is 0 Å². The van der Waals surface area contributed by atoms with Crippen LogP contribution < -0.4 is 5.32 Å². The molecule has 0 amide bonds. The molecule has 1 aromatic carbocycles. The van der Waals surface area contributed by atoms with Crippen LogP contribution in [-0.4, -0.2) is 6.54 Å². The minimum atomic E-state index is 0.210. The molecule has 1 aliphatic rings. The van der Waals surface area contributed by atoms with Gasteiger partial charge in [0.15, 0.2) is 0 Å². The Hall–Kier alpha value is -0.500. The maximum Gasteiger partial charge on any atom is 0.0551 e. The highest BCUT2D eigenvalue weighted by Gasteiger charge is 2.19. The van der Waals surface area contributed by atoms with E-state index in [2.05, 4.69) is 18.3 Å². The third kappa shape index (κ3) is 3.28. The Morgan fingerprint density at radius 2 is 2.11 bits per heavy atom. The molecule has 0 radical (unpaired) electrons. The van der Waals surface area contributed by atoms with Crippen LogP contribution in [0.5, 0.6) is 0 Å². The first-order valence-electron chi connectivity index (χ1n) is 6.59. The summed E-state index contributed by atoms with van der Waals surface area (Å²) in [7, 11) is 0. The first-order chi connectivity index (χ1) is 8.72. The molecule has 1 atom stereocenters. The smallest absolute Gasteiger partial charge is 0.0551 e. The van der Waals surface area contributed by atoms with Gasteiger partial charge >= 0.3 is 0 Å². The van der Waals surface area contributed by atoms with Gasteiger partial charge in [0.25, 0.3) is 0 Å². The summed E-state index contributed by atoms with van der Waals surface area (Å²) in [6.07, 6.45) is 7.25. The predicted molar refractivity (Wildman–Crippen MR) is 79.4 cm³/mol. The maximum absolute atomic E-state index is 6.32. The summed E-state index contributed by atoms with van der Waals surface area (Å²) < 4.78 is 0. The van der Waals surface area contributed by atoms with Crippen molar-refractivity contribution in [2.24, 2.45) is 0 Å². The lowest BCUT2D eigenvalue weighted by Gasteiger charge is -2.25. The van der Waals surface area contributed by atoms with E-state index in [0.717, 1.165) is 28.6 Å². The zero-order valence-corrected chi connectivity index (χ0v) is 12.2. The average Bonchev–Trinajstić information content (AvgIpc) is 2.40. The van der Waals surface area contributed by atoms with Gasteiger partial charge in [-0.15, -0.1) is 0 Å².